The summed E-state index contributed by atoms with van der Waals surface area (Å²) in [6.07, 6.45) is 0. The molecule has 1 aliphatic rings. The van der Waals surface area contributed by atoms with E-state index < -0.39 is 0 Å². The molecule has 0 bridgehead atoms. The van der Waals surface area contributed by atoms with Gasteiger partial charge in [-0.1, -0.05) is 17.7 Å². The molecule has 0 unspecified atom stereocenters. The number of aryl methyl sites for hydroxylation is 1. The van der Waals surface area contributed by atoms with Crippen molar-refractivity contribution in [3.05, 3.63) is 40.2 Å². The molecule has 2 aromatic rings. The zero-order valence-corrected chi connectivity index (χ0v) is 13.1. The summed E-state index contributed by atoms with van der Waals surface area (Å²) in [6.45, 7) is 4.46. The smallest absolute Gasteiger partial charge is 0.242 e. The number of benzene rings is 1. The molecule has 1 aromatic heterocycles. The third kappa shape index (κ3) is 2.87. The number of carbonyl (C=O) groups is 1. The van der Waals surface area contributed by atoms with Crippen molar-refractivity contribution in [3.63, 3.8) is 0 Å². The molecule has 0 saturated carbocycles. The van der Waals surface area contributed by atoms with Crippen molar-refractivity contribution in [2.24, 2.45) is 0 Å². The average molecular weight is 322 g/mol. The predicted molar refractivity (Wildman–Crippen MR) is 81.1 cm³/mol. The van der Waals surface area contributed by atoms with E-state index in [2.05, 4.69) is 10.4 Å². The maximum absolute atomic E-state index is 12.0. The summed E-state index contributed by atoms with van der Waals surface area (Å²) in [5, 5.41) is 7.70. The fraction of sp³-hybridized carbons (Fsp3) is 0.333. The summed E-state index contributed by atoms with van der Waals surface area (Å²) in [5.41, 5.74) is 2.46. The van der Waals surface area contributed by atoms with Crippen LogP contribution in [0.5, 0.6) is 11.5 Å². The molecule has 6 nitrogen and oxygen atoms in total. The third-order valence-electron chi connectivity index (χ3n) is 3.51. The summed E-state index contributed by atoms with van der Waals surface area (Å²) in [6, 6.07) is 5.60. The monoisotopic (exact) mass is 321 g/mol. The van der Waals surface area contributed by atoms with Crippen LogP contribution >= 0.6 is 11.6 Å². The van der Waals surface area contributed by atoms with Crippen LogP contribution in [-0.4, -0.2) is 22.5 Å². The molecule has 0 saturated heterocycles. The number of fused-ring (bicyclic) bond motifs is 1. The minimum Gasteiger partial charge on any atom is -0.454 e. The first-order valence-electron chi connectivity index (χ1n) is 6.89. The standard InChI is InChI=1S/C15H16ClN3O3/c1-9-15(16)10(2)19(18-9)7-14(20)17-6-11-3-4-12-13(5-11)22-8-21-12/h3-5H,6-8H2,1-2H3,(H,17,20). The molecule has 1 N–H and O–H groups in total. The SMILES string of the molecule is Cc1nn(CC(=O)NCc2ccc3c(c2)OCO3)c(C)c1Cl. The molecule has 0 atom stereocenters. The number of hydrogen-bond acceptors (Lipinski definition) is 4. The van der Waals surface area contributed by atoms with Gasteiger partial charge in [-0.3, -0.25) is 9.48 Å². The van der Waals surface area contributed by atoms with Gasteiger partial charge >= 0.3 is 0 Å². The van der Waals surface area contributed by atoms with E-state index in [1.165, 1.54) is 0 Å². The van der Waals surface area contributed by atoms with Crippen molar-refractivity contribution in [1.82, 2.24) is 15.1 Å². The molecule has 2 heterocycles. The van der Waals surface area contributed by atoms with E-state index in [-0.39, 0.29) is 19.2 Å². The Balaban J connectivity index is 1.59. The molecule has 0 radical (unpaired) electrons. The lowest BCUT2D eigenvalue weighted by atomic mass is 10.2. The molecule has 7 heteroatoms. The molecule has 0 spiro atoms. The molecular weight excluding hydrogens is 306 g/mol. The molecule has 1 aromatic carbocycles. The largest absolute Gasteiger partial charge is 0.454 e. The minimum absolute atomic E-state index is 0.125. The summed E-state index contributed by atoms with van der Waals surface area (Å²) in [4.78, 5) is 12.0. The van der Waals surface area contributed by atoms with Crippen molar-refractivity contribution in [2.75, 3.05) is 6.79 Å². The van der Waals surface area contributed by atoms with E-state index in [0.717, 1.165) is 22.7 Å². The number of hydrogen-bond donors (Lipinski definition) is 1. The molecule has 0 fully saturated rings. The number of ether oxygens (including phenoxy) is 2. The average Bonchev–Trinajstić information content (AvgIpc) is 3.06. The van der Waals surface area contributed by atoms with Gasteiger partial charge in [0.05, 0.1) is 16.4 Å². The van der Waals surface area contributed by atoms with Gasteiger partial charge in [0.2, 0.25) is 12.7 Å². The van der Waals surface area contributed by atoms with Gasteiger partial charge in [0.15, 0.2) is 11.5 Å². The molecule has 0 aliphatic carbocycles. The lowest BCUT2D eigenvalue weighted by Crippen LogP contribution is -2.28. The van der Waals surface area contributed by atoms with E-state index in [0.29, 0.717) is 17.3 Å². The second kappa shape index (κ2) is 5.88. The minimum atomic E-state index is -0.125. The molecular formula is C15H16ClN3O3. The number of halogens is 1. The maximum atomic E-state index is 12.0. The highest BCUT2D eigenvalue weighted by atomic mass is 35.5. The molecule has 116 valence electrons. The van der Waals surface area contributed by atoms with Gasteiger partial charge in [-0.25, -0.2) is 0 Å². The van der Waals surface area contributed by atoms with E-state index >= 15 is 0 Å². The number of nitrogens with zero attached hydrogens (tertiary/aromatic N) is 2. The van der Waals surface area contributed by atoms with Crippen LogP contribution in [0, 0.1) is 13.8 Å². The van der Waals surface area contributed by atoms with Crippen molar-refractivity contribution in [1.29, 1.82) is 0 Å². The van der Waals surface area contributed by atoms with Crippen LogP contribution < -0.4 is 14.8 Å². The highest BCUT2D eigenvalue weighted by Crippen LogP contribution is 2.32. The second-order valence-electron chi connectivity index (χ2n) is 5.11. The first-order chi connectivity index (χ1) is 10.5. The predicted octanol–water partition coefficient (Wildman–Crippen LogP) is 2.20. The lowest BCUT2D eigenvalue weighted by molar-refractivity contribution is -0.122. The second-order valence-corrected chi connectivity index (χ2v) is 5.48. The Bertz CT molecular complexity index is 727. The fourth-order valence-corrected chi connectivity index (χ4v) is 2.41. The zero-order chi connectivity index (χ0) is 15.7. The maximum Gasteiger partial charge on any atom is 0.242 e. The van der Waals surface area contributed by atoms with E-state index in [9.17, 15) is 4.79 Å². The number of rotatable bonds is 4. The van der Waals surface area contributed by atoms with Gasteiger partial charge < -0.3 is 14.8 Å². The third-order valence-corrected chi connectivity index (χ3v) is 4.06. The van der Waals surface area contributed by atoms with Gasteiger partial charge in [-0.05, 0) is 31.5 Å². The normalized spacial score (nSPS) is 12.5. The molecule has 1 amide bonds. The van der Waals surface area contributed by atoms with E-state index in [1.54, 1.807) is 4.68 Å². The number of amides is 1. The quantitative estimate of drug-likeness (QED) is 0.937. The fourth-order valence-electron chi connectivity index (χ4n) is 2.27. The Kier molecular flexibility index (Phi) is 3.94. The summed E-state index contributed by atoms with van der Waals surface area (Å²) in [7, 11) is 0. The Hall–Kier alpha value is -2.21. The van der Waals surface area contributed by atoms with Gasteiger partial charge in [-0.2, -0.15) is 5.10 Å². The Morgan fingerprint density at radius 1 is 1.36 bits per heavy atom. The van der Waals surface area contributed by atoms with Crippen LogP contribution in [0.15, 0.2) is 18.2 Å². The highest BCUT2D eigenvalue weighted by molar-refractivity contribution is 6.31. The van der Waals surface area contributed by atoms with Crippen molar-refractivity contribution < 1.29 is 14.3 Å². The first kappa shape index (κ1) is 14.7. The van der Waals surface area contributed by atoms with Gasteiger partial charge in [0.1, 0.15) is 6.54 Å². The Morgan fingerprint density at radius 3 is 2.86 bits per heavy atom. The highest BCUT2D eigenvalue weighted by Gasteiger charge is 2.14. The first-order valence-corrected chi connectivity index (χ1v) is 7.27. The summed E-state index contributed by atoms with van der Waals surface area (Å²) >= 11 is 6.07. The number of carbonyl (C=O) groups excluding carboxylic acids is 1. The van der Waals surface area contributed by atoms with Gasteiger partial charge in [-0.15, -0.1) is 0 Å². The van der Waals surface area contributed by atoms with E-state index in [4.69, 9.17) is 21.1 Å². The Morgan fingerprint density at radius 2 is 2.14 bits per heavy atom. The van der Waals surface area contributed by atoms with Gasteiger partial charge in [0.25, 0.3) is 0 Å². The van der Waals surface area contributed by atoms with E-state index in [1.807, 2.05) is 32.0 Å². The molecule has 3 rings (SSSR count). The molecule has 22 heavy (non-hydrogen) atoms. The topological polar surface area (TPSA) is 65.4 Å². The van der Waals surface area contributed by atoms with Gasteiger partial charge in [0, 0.05) is 6.54 Å². The number of aromatic nitrogens is 2. The van der Waals surface area contributed by atoms with Crippen LogP contribution in [0.2, 0.25) is 5.02 Å². The van der Waals surface area contributed by atoms with Crippen molar-refractivity contribution in [2.45, 2.75) is 26.9 Å². The molecule has 1 aliphatic heterocycles. The van der Waals surface area contributed by atoms with Crippen molar-refractivity contribution >= 4 is 17.5 Å². The lowest BCUT2D eigenvalue weighted by Gasteiger charge is -2.07. The van der Waals surface area contributed by atoms with Crippen LogP contribution in [0.25, 0.3) is 0 Å². The number of nitrogens with one attached hydrogen (secondary N) is 1. The van der Waals surface area contributed by atoms with Crippen LogP contribution in [0.1, 0.15) is 17.0 Å². The Labute approximate surface area is 133 Å². The summed E-state index contributed by atoms with van der Waals surface area (Å²) in [5.74, 6) is 1.31. The zero-order valence-electron chi connectivity index (χ0n) is 12.4. The summed E-state index contributed by atoms with van der Waals surface area (Å²) < 4.78 is 12.2. The van der Waals surface area contributed by atoms with Crippen molar-refractivity contribution in [3.8, 4) is 11.5 Å². The van der Waals surface area contributed by atoms with Crippen LogP contribution in [0.3, 0.4) is 0 Å². The van der Waals surface area contributed by atoms with Crippen LogP contribution in [-0.2, 0) is 17.9 Å². The van der Waals surface area contributed by atoms with Crippen LogP contribution in [0.4, 0.5) is 0 Å².